The predicted octanol–water partition coefficient (Wildman–Crippen LogP) is 5.44. The zero-order valence-corrected chi connectivity index (χ0v) is 21.1. The lowest BCUT2D eigenvalue weighted by molar-refractivity contribution is -0.152. The molecular formula is C27H39NO4S. The third kappa shape index (κ3) is 4.08. The number of amides is 2. The van der Waals surface area contributed by atoms with Crippen molar-refractivity contribution >= 4 is 29.4 Å². The maximum atomic E-state index is 13.7. The summed E-state index contributed by atoms with van der Waals surface area (Å²) in [7, 11) is 0. The minimum absolute atomic E-state index is 0.0357. The zero-order valence-electron chi connectivity index (χ0n) is 20.2. The molecule has 1 aliphatic heterocycles. The quantitative estimate of drug-likeness (QED) is 0.241. The summed E-state index contributed by atoms with van der Waals surface area (Å²) in [5.41, 5.74) is -0.630. The summed E-state index contributed by atoms with van der Waals surface area (Å²) in [4.78, 5) is 42.0. The van der Waals surface area contributed by atoms with Crippen LogP contribution in [0.1, 0.15) is 90.4 Å². The lowest BCUT2D eigenvalue weighted by Crippen LogP contribution is -2.49. The molecule has 1 unspecified atom stereocenters. The second-order valence-corrected chi connectivity index (χ2v) is 13.2. The van der Waals surface area contributed by atoms with Gasteiger partial charge in [-0.25, -0.2) is 0 Å². The van der Waals surface area contributed by atoms with Crippen LogP contribution in [0.15, 0.2) is 11.3 Å². The van der Waals surface area contributed by atoms with E-state index >= 15 is 0 Å². The number of thioether (sulfide) groups is 1. The van der Waals surface area contributed by atoms with Crippen molar-refractivity contribution in [2.45, 2.75) is 96.4 Å². The Bertz CT molecular complexity index is 836. The van der Waals surface area contributed by atoms with Crippen LogP contribution in [0.5, 0.6) is 0 Å². The van der Waals surface area contributed by atoms with Gasteiger partial charge in [0.2, 0.25) is 5.91 Å². The number of ketones is 1. The Morgan fingerprint density at radius 2 is 1.61 bits per heavy atom. The van der Waals surface area contributed by atoms with Crippen LogP contribution < -0.4 is 0 Å². The monoisotopic (exact) mass is 473 g/mol. The molecule has 6 fully saturated rings. The third-order valence-electron chi connectivity index (χ3n) is 9.58. The number of aliphatic hydroxyl groups excluding tert-OH is 1. The molecule has 0 spiro atoms. The first kappa shape index (κ1) is 23.4. The first-order valence-corrected chi connectivity index (χ1v) is 14.5. The summed E-state index contributed by atoms with van der Waals surface area (Å²) in [6, 6.07) is -0.760. The van der Waals surface area contributed by atoms with Crippen LogP contribution in [0.4, 0.5) is 0 Å². The molecular weight excluding hydrogens is 434 g/mol. The van der Waals surface area contributed by atoms with Crippen molar-refractivity contribution in [1.82, 2.24) is 4.90 Å². The fraction of sp³-hybridized carbons (Fsp3) is 0.815. The lowest BCUT2D eigenvalue weighted by atomic mass is 9.48. The number of carbonyl (C=O) groups is 3. The second-order valence-electron chi connectivity index (χ2n) is 12.2. The summed E-state index contributed by atoms with van der Waals surface area (Å²) >= 11 is 1.61. The van der Waals surface area contributed by atoms with E-state index in [0.29, 0.717) is 18.6 Å². The number of likely N-dealkylation sites (tertiary alicyclic amines) is 1. The third-order valence-corrected chi connectivity index (χ3v) is 10.2. The van der Waals surface area contributed by atoms with Crippen molar-refractivity contribution in [2.24, 2.45) is 28.6 Å². The van der Waals surface area contributed by atoms with Gasteiger partial charge in [-0.15, -0.1) is 0 Å². The van der Waals surface area contributed by atoms with Crippen molar-refractivity contribution in [3.63, 3.8) is 0 Å². The van der Waals surface area contributed by atoms with Gasteiger partial charge in [0, 0.05) is 11.8 Å². The normalized spacial score (nSPS) is 38.8. The van der Waals surface area contributed by atoms with Crippen LogP contribution in [-0.2, 0) is 14.4 Å². The minimum atomic E-state index is -0.760. The van der Waals surface area contributed by atoms with Crippen molar-refractivity contribution in [3.8, 4) is 0 Å². The number of carbonyl (C=O) groups excluding carboxylic acids is 3. The number of allylic oxidation sites excluding steroid dienone is 1. The first-order valence-electron chi connectivity index (χ1n) is 13.1. The average molecular weight is 474 g/mol. The SMILES string of the molecule is CSCCC1C(=O)/C(=C(/O)CC23CC4CC(CC(C4)C2)C3)C(=O)N1C(=O)C1(C)CCCCC1. The van der Waals surface area contributed by atoms with Gasteiger partial charge in [0.1, 0.15) is 17.4 Å². The number of hydrogen-bond acceptors (Lipinski definition) is 5. The van der Waals surface area contributed by atoms with E-state index in [1.807, 2.05) is 13.2 Å². The number of hydrogen-bond donors (Lipinski definition) is 1. The summed E-state index contributed by atoms with van der Waals surface area (Å²) in [5, 5.41) is 11.3. The maximum absolute atomic E-state index is 13.7. The number of rotatable bonds is 6. The minimum Gasteiger partial charge on any atom is -0.511 e. The Balaban J connectivity index is 1.43. The molecule has 1 atom stereocenters. The highest BCUT2D eigenvalue weighted by atomic mass is 32.2. The highest BCUT2D eigenvalue weighted by Gasteiger charge is 2.54. The fourth-order valence-corrected chi connectivity index (χ4v) is 8.89. The van der Waals surface area contributed by atoms with E-state index in [4.69, 9.17) is 0 Å². The molecule has 0 aromatic heterocycles. The summed E-state index contributed by atoms with van der Waals surface area (Å²) < 4.78 is 0. The van der Waals surface area contributed by atoms with Crippen LogP contribution in [0.3, 0.4) is 0 Å². The van der Waals surface area contributed by atoms with Crippen molar-refractivity contribution < 1.29 is 19.5 Å². The van der Waals surface area contributed by atoms with Gasteiger partial charge < -0.3 is 5.11 Å². The molecule has 5 aliphatic carbocycles. The first-order chi connectivity index (χ1) is 15.8. The molecule has 0 radical (unpaired) electrons. The highest BCUT2D eigenvalue weighted by molar-refractivity contribution is 7.98. The molecule has 4 bridgehead atoms. The molecule has 33 heavy (non-hydrogen) atoms. The molecule has 6 heteroatoms. The molecule has 6 rings (SSSR count). The lowest BCUT2D eigenvalue weighted by Gasteiger charge is -2.57. The van der Waals surface area contributed by atoms with Gasteiger partial charge in [-0.3, -0.25) is 19.3 Å². The summed E-state index contributed by atoms with van der Waals surface area (Å²) in [6.07, 6.45) is 14.7. The van der Waals surface area contributed by atoms with E-state index in [0.717, 1.165) is 69.1 Å². The van der Waals surface area contributed by atoms with Gasteiger partial charge in [-0.2, -0.15) is 11.8 Å². The van der Waals surface area contributed by atoms with E-state index in [1.165, 1.54) is 24.2 Å². The van der Waals surface area contributed by atoms with E-state index in [9.17, 15) is 19.5 Å². The second kappa shape index (κ2) is 8.73. The van der Waals surface area contributed by atoms with Gasteiger partial charge in [-0.1, -0.05) is 26.2 Å². The number of aliphatic hydroxyl groups is 1. The molecule has 5 saturated carbocycles. The molecule has 1 N–H and O–H groups in total. The van der Waals surface area contributed by atoms with Gasteiger partial charge in [0.15, 0.2) is 5.78 Å². The Labute approximate surface area is 202 Å². The molecule has 6 aliphatic rings. The van der Waals surface area contributed by atoms with E-state index in [-0.39, 0.29) is 28.4 Å². The number of Topliss-reactive ketones (excluding diaryl/α,β-unsaturated/α-hetero) is 1. The molecule has 5 nitrogen and oxygen atoms in total. The molecule has 1 heterocycles. The topological polar surface area (TPSA) is 74.7 Å². The highest BCUT2D eigenvalue weighted by Crippen LogP contribution is 2.62. The van der Waals surface area contributed by atoms with Gasteiger partial charge >= 0.3 is 0 Å². The van der Waals surface area contributed by atoms with Gasteiger partial charge in [0.05, 0.1) is 0 Å². The van der Waals surface area contributed by atoms with Crippen molar-refractivity contribution in [2.75, 3.05) is 12.0 Å². The van der Waals surface area contributed by atoms with Crippen molar-refractivity contribution in [3.05, 3.63) is 11.3 Å². The van der Waals surface area contributed by atoms with E-state index in [2.05, 4.69) is 0 Å². The Morgan fingerprint density at radius 3 is 2.15 bits per heavy atom. The molecule has 0 aromatic carbocycles. The largest absolute Gasteiger partial charge is 0.511 e. The smallest absolute Gasteiger partial charge is 0.268 e. The zero-order chi connectivity index (χ0) is 23.4. The molecule has 182 valence electrons. The average Bonchev–Trinajstić information content (AvgIpc) is 3.00. The van der Waals surface area contributed by atoms with E-state index < -0.39 is 17.4 Å². The Morgan fingerprint density at radius 1 is 1.03 bits per heavy atom. The summed E-state index contributed by atoms with van der Waals surface area (Å²) in [5.74, 6) is 1.81. The van der Waals surface area contributed by atoms with E-state index in [1.54, 1.807) is 11.8 Å². The predicted molar refractivity (Wildman–Crippen MR) is 130 cm³/mol. The van der Waals surface area contributed by atoms with Gasteiger partial charge in [-0.05, 0) is 93.0 Å². The van der Waals surface area contributed by atoms with Crippen LogP contribution in [-0.4, -0.2) is 45.7 Å². The van der Waals surface area contributed by atoms with Crippen LogP contribution in [0.25, 0.3) is 0 Å². The molecule has 1 saturated heterocycles. The molecule has 0 aromatic rings. The van der Waals surface area contributed by atoms with Crippen LogP contribution >= 0.6 is 11.8 Å². The Hall–Kier alpha value is -1.30. The number of imide groups is 1. The summed E-state index contributed by atoms with van der Waals surface area (Å²) in [6.45, 7) is 1.95. The van der Waals surface area contributed by atoms with Crippen molar-refractivity contribution in [1.29, 1.82) is 0 Å². The van der Waals surface area contributed by atoms with Crippen LogP contribution in [0.2, 0.25) is 0 Å². The Kier molecular flexibility index (Phi) is 6.20. The standard InChI is InChI=1S/C27H39NO4S/c1-26(7-4-3-5-8-26)25(32)28-20(6-9-33-2)23(30)22(24(28)31)21(29)16-27-13-17-10-18(14-27)12-19(11-17)15-27/h17-20,29H,3-16H2,1-2H3/b22-21-. The molecule has 2 amide bonds. The maximum Gasteiger partial charge on any atom is 0.268 e. The van der Waals surface area contributed by atoms with Gasteiger partial charge in [0.25, 0.3) is 5.91 Å². The number of nitrogens with zero attached hydrogens (tertiary/aromatic N) is 1. The van der Waals surface area contributed by atoms with Crippen LogP contribution in [0, 0.1) is 28.6 Å². The fourth-order valence-electron chi connectivity index (χ4n) is 8.43.